The van der Waals surface area contributed by atoms with Gasteiger partial charge in [0.2, 0.25) is 5.75 Å². The number of hydrogen-bond donors (Lipinski definition) is 0. The number of nitrogens with zero attached hydrogens (tertiary/aromatic N) is 3. The van der Waals surface area contributed by atoms with Gasteiger partial charge in [-0.1, -0.05) is 50.9 Å². The highest BCUT2D eigenvalue weighted by molar-refractivity contribution is 9.10. The molecule has 4 aromatic rings. The first kappa shape index (κ1) is 25.9. The Morgan fingerprint density at radius 1 is 0.972 bits per heavy atom. The van der Waals surface area contributed by atoms with Crippen molar-refractivity contribution in [3.05, 3.63) is 90.8 Å². The van der Waals surface area contributed by atoms with Crippen LogP contribution in [0, 0.1) is 0 Å². The molecule has 36 heavy (non-hydrogen) atoms. The molecular formula is C27H25Br2N3O4. The number of aromatic nitrogens is 2. The van der Waals surface area contributed by atoms with Crippen molar-refractivity contribution in [2.24, 2.45) is 5.10 Å². The third-order valence-corrected chi connectivity index (χ3v) is 6.47. The molecule has 0 bridgehead atoms. The van der Waals surface area contributed by atoms with Crippen LogP contribution in [0.15, 0.2) is 73.4 Å². The Hall–Kier alpha value is -3.17. The van der Waals surface area contributed by atoms with Crippen LogP contribution in [0.5, 0.6) is 17.2 Å². The van der Waals surface area contributed by atoms with Gasteiger partial charge in [0.15, 0.2) is 11.5 Å². The smallest absolute Gasteiger partial charge is 0.282 e. The van der Waals surface area contributed by atoms with E-state index in [9.17, 15) is 4.79 Å². The quantitative estimate of drug-likeness (QED) is 0.205. The lowest BCUT2D eigenvalue weighted by Crippen LogP contribution is -2.22. The third kappa shape index (κ3) is 5.79. The van der Waals surface area contributed by atoms with Crippen molar-refractivity contribution in [2.45, 2.75) is 26.4 Å². The first-order valence-corrected chi connectivity index (χ1v) is 12.9. The molecule has 7 nitrogen and oxygen atoms in total. The Kier molecular flexibility index (Phi) is 8.43. The third-order valence-electron chi connectivity index (χ3n) is 5.45. The molecule has 0 atom stereocenters. The predicted octanol–water partition coefficient (Wildman–Crippen LogP) is 6.35. The van der Waals surface area contributed by atoms with E-state index in [1.165, 1.54) is 4.68 Å². The standard InChI is InChI=1S/C27H25Br2N3O4/c1-4-5-25-31-22-11-10-20(29)14-21(22)27(33)32(25)30-15-18-12-23(34-2)26(24(13-18)35-3)36-16-17-6-8-19(28)9-7-17/h6-15H,4-5,16H2,1-3H3. The van der Waals surface area contributed by atoms with Crippen LogP contribution in [0.4, 0.5) is 0 Å². The molecule has 1 heterocycles. The van der Waals surface area contributed by atoms with Crippen molar-refractivity contribution in [1.82, 2.24) is 9.66 Å². The minimum atomic E-state index is -0.227. The summed E-state index contributed by atoms with van der Waals surface area (Å²) in [5.74, 6) is 2.08. The molecule has 0 saturated carbocycles. The van der Waals surface area contributed by atoms with E-state index >= 15 is 0 Å². The predicted molar refractivity (Wildman–Crippen MR) is 149 cm³/mol. The Morgan fingerprint density at radius 3 is 2.28 bits per heavy atom. The summed E-state index contributed by atoms with van der Waals surface area (Å²) < 4.78 is 20.4. The first-order chi connectivity index (χ1) is 17.4. The molecule has 0 aliphatic carbocycles. The molecule has 0 aliphatic heterocycles. The van der Waals surface area contributed by atoms with Gasteiger partial charge in [-0.25, -0.2) is 4.98 Å². The minimum absolute atomic E-state index is 0.227. The molecule has 186 valence electrons. The van der Waals surface area contributed by atoms with Crippen LogP contribution >= 0.6 is 31.9 Å². The molecule has 0 saturated heterocycles. The summed E-state index contributed by atoms with van der Waals surface area (Å²) in [4.78, 5) is 17.9. The largest absolute Gasteiger partial charge is 0.493 e. The van der Waals surface area contributed by atoms with E-state index in [2.05, 4.69) is 41.9 Å². The summed E-state index contributed by atoms with van der Waals surface area (Å²) in [5.41, 5.74) is 2.11. The summed E-state index contributed by atoms with van der Waals surface area (Å²) in [6, 6.07) is 16.9. The Bertz CT molecular complexity index is 1440. The number of methoxy groups -OCH3 is 2. The SMILES string of the molecule is CCCc1nc2ccc(Br)cc2c(=O)n1N=Cc1cc(OC)c(OCc2ccc(Br)cc2)c(OC)c1. The van der Waals surface area contributed by atoms with E-state index in [4.69, 9.17) is 14.2 Å². The molecule has 0 unspecified atom stereocenters. The van der Waals surface area contributed by atoms with Crippen LogP contribution in [0.2, 0.25) is 0 Å². The highest BCUT2D eigenvalue weighted by atomic mass is 79.9. The molecule has 0 radical (unpaired) electrons. The van der Waals surface area contributed by atoms with Gasteiger partial charge in [-0.05, 0) is 54.4 Å². The second kappa shape index (κ2) is 11.7. The molecule has 0 amide bonds. The monoisotopic (exact) mass is 613 g/mol. The fourth-order valence-corrected chi connectivity index (χ4v) is 4.30. The lowest BCUT2D eigenvalue weighted by atomic mass is 10.2. The summed E-state index contributed by atoms with van der Waals surface area (Å²) in [5, 5.41) is 5.00. The molecule has 0 fully saturated rings. The van der Waals surface area contributed by atoms with Gasteiger partial charge in [0.1, 0.15) is 12.4 Å². The van der Waals surface area contributed by atoms with Crippen molar-refractivity contribution in [3.63, 3.8) is 0 Å². The number of halogens is 2. The average Bonchev–Trinajstić information content (AvgIpc) is 2.88. The number of aryl methyl sites for hydroxylation is 1. The fraction of sp³-hybridized carbons (Fsp3) is 0.222. The average molecular weight is 615 g/mol. The van der Waals surface area contributed by atoms with Crippen LogP contribution in [0.1, 0.15) is 30.3 Å². The van der Waals surface area contributed by atoms with Gasteiger partial charge < -0.3 is 14.2 Å². The maximum atomic E-state index is 13.3. The van der Waals surface area contributed by atoms with Gasteiger partial charge >= 0.3 is 0 Å². The van der Waals surface area contributed by atoms with Gasteiger partial charge in [0.05, 0.1) is 31.3 Å². The van der Waals surface area contributed by atoms with Gasteiger partial charge in [-0.3, -0.25) is 4.79 Å². The maximum absolute atomic E-state index is 13.3. The highest BCUT2D eigenvalue weighted by Crippen LogP contribution is 2.38. The Balaban J connectivity index is 1.69. The molecule has 1 aromatic heterocycles. The maximum Gasteiger partial charge on any atom is 0.282 e. The van der Waals surface area contributed by atoms with E-state index in [1.807, 2.05) is 43.3 Å². The van der Waals surface area contributed by atoms with Gasteiger partial charge in [0, 0.05) is 20.9 Å². The molecule has 0 spiro atoms. The molecule has 9 heteroatoms. The first-order valence-electron chi connectivity index (χ1n) is 11.3. The van der Waals surface area contributed by atoms with Crippen LogP contribution < -0.4 is 19.8 Å². The van der Waals surface area contributed by atoms with Crippen LogP contribution in [0.3, 0.4) is 0 Å². The summed E-state index contributed by atoms with van der Waals surface area (Å²) in [7, 11) is 3.13. The summed E-state index contributed by atoms with van der Waals surface area (Å²) >= 11 is 6.87. The van der Waals surface area contributed by atoms with E-state index in [0.29, 0.717) is 52.6 Å². The Labute approximate surface area is 226 Å². The molecule has 0 N–H and O–H groups in total. The van der Waals surface area contributed by atoms with Gasteiger partial charge in [0.25, 0.3) is 5.56 Å². The van der Waals surface area contributed by atoms with Crippen molar-refractivity contribution in [1.29, 1.82) is 0 Å². The van der Waals surface area contributed by atoms with E-state index in [-0.39, 0.29) is 5.56 Å². The number of benzene rings is 3. The lowest BCUT2D eigenvalue weighted by molar-refractivity contribution is 0.266. The second-order valence-electron chi connectivity index (χ2n) is 7.97. The lowest BCUT2D eigenvalue weighted by Gasteiger charge is -2.15. The van der Waals surface area contributed by atoms with Gasteiger partial charge in [-0.2, -0.15) is 9.78 Å². The Morgan fingerprint density at radius 2 is 1.64 bits per heavy atom. The molecule has 3 aromatic carbocycles. The second-order valence-corrected chi connectivity index (χ2v) is 9.80. The molecule has 4 rings (SSSR count). The fourth-order valence-electron chi connectivity index (χ4n) is 3.68. The van der Waals surface area contributed by atoms with Crippen LogP contribution in [0.25, 0.3) is 10.9 Å². The van der Waals surface area contributed by atoms with Crippen molar-refractivity contribution in [2.75, 3.05) is 14.2 Å². The van der Waals surface area contributed by atoms with Crippen LogP contribution in [-0.4, -0.2) is 30.1 Å². The van der Waals surface area contributed by atoms with E-state index in [1.54, 1.807) is 38.6 Å². The number of rotatable bonds is 9. The zero-order valence-electron chi connectivity index (χ0n) is 20.1. The van der Waals surface area contributed by atoms with E-state index in [0.717, 1.165) is 20.9 Å². The van der Waals surface area contributed by atoms with Crippen molar-refractivity contribution < 1.29 is 14.2 Å². The van der Waals surface area contributed by atoms with Gasteiger partial charge in [-0.15, -0.1) is 0 Å². The highest BCUT2D eigenvalue weighted by Gasteiger charge is 2.15. The summed E-state index contributed by atoms with van der Waals surface area (Å²) in [6.07, 6.45) is 3.04. The molecular weight excluding hydrogens is 590 g/mol. The normalized spacial score (nSPS) is 11.2. The number of hydrogen-bond acceptors (Lipinski definition) is 6. The van der Waals surface area contributed by atoms with Crippen LogP contribution in [-0.2, 0) is 13.0 Å². The zero-order chi connectivity index (χ0) is 25.7. The molecule has 0 aliphatic rings. The van der Waals surface area contributed by atoms with Crippen molar-refractivity contribution in [3.8, 4) is 17.2 Å². The minimum Gasteiger partial charge on any atom is -0.493 e. The zero-order valence-corrected chi connectivity index (χ0v) is 23.3. The van der Waals surface area contributed by atoms with E-state index < -0.39 is 0 Å². The van der Waals surface area contributed by atoms with Crippen molar-refractivity contribution >= 4 is 49.0 Å². The number of ether oxygens (including phenoxy) is 3. The topological polar surface area (TPSA) is 74.9 Å². The number of fused-ring (bicyclic) bond motifs is 1. The summed E-state index contributed by atoms with van der Waals surface area (Å²) in [6.45, 7) is 2.39.